The summed E-state index contributed by atoms with van der Waals surface area (Å²) in [4.78, 5) is 24.1. The third-order valence-electron chi connectivity index (χ3n) is 4.17. The summed E-state index contributed by atoms with van der Waals surface area (Å²) in [6.45, 7) is 6.73. The van der Waals surface area contributed by atoms with Gasteiger partial charge in [-0.15, -0.1) is 0 Å². The van der Waals surface area contributed by atoms with Gasteiger partial charge in [0.05, 0.1) is 0 Å². The summed E-state index contributed by atoms with van der Waals surface area (Å²) >= 11 is 0. The van der Waals surface area contributed by atoms with E-state index in [4.69, 9.17) is 5.11 Å². The van der Waals surface area contributed by atoms with Crippen molar-refractivity contribution in [3.05, 3.63) is 0 Å². The maximum absolute atomic E-state index is 11.9. The van der Waals surface area contributed by atoms with Crippen molar-refractivity contribution in [1.82, 2.24) is 10.2 Å². The van der Waals surface area contributed by atoms with Crippen LogP contribution in [0.2, 0.25) is 0 Å². The quantitative estimate of drug-likeness (QED) is 0.763. The molecule has 1 aliphatic carbocycles. The molecule has 2 N–H and O–H groups in total. The van der Waals surface area contributed by atoms with Crippen LogP contribution in [0.25, 0.3) is 0 Å². The van der Waals surface area contributed by atoms with E-state index in [-0.39, 0.29) is 11.4 Å². The van der Waals surface area contributed by atoms with E-state index in [1.807, 2.05) is 0 Å². The maximum Gasteiger partial charge on any atom is 0.326 e. The first-order chi connectivity index (χ1) is 8.34. The minimum atomic E-state index is -0.958. The summed E-state index contributed by atoms with van der Waals surface area (Å²) < 4.78 is 0. The van der Waals surface area contributed by atoms with E-state index < -0.39 is 12.0 Å². The summed E-state index contributed by atoms with van der Waals surface area (Å²) in [5.74, 6) is -0.412. The zero-order valence-electron chi connectivity index (χ0n) is 11.7. The highest BCUT2D eigenvalue weighted by molar-refractivity contribution is 5.82. The molecule has 2 amide bonds. The van der Waals surface area contributed by atoms with Crippen molar-refractivity contribution in [2.24, 2.45) is 11.3 Å². The number of nitrogens with one attached hydrogen (secondary N) is 1. The van der Waals surface area contributed by atoms with Gasteiger partial charge in [0.2, 0.25) is 0 Å². The Balaban J connectivity index is 2.48. The number of likely N-dealkylation sites (N-methyl/N-ethyl adjacent to an activating group) is 1. The minimum absolute atomic E-state index is 0.238. The average molecular weight is 256 g/mol. The van der Waals surface area contributed by atoms with Gasteiger partial charge < -0.3 is 15.3 Å². The molecule has 104 valence electrons. The molecule has 18 heavy (non-hydrogen) atoms. The molecule has 0 aromatic rings. The van der Waals surface area contributed by atoms with Crippen LogP contribution in [-0.4, -0.2) is 41.6 Å². The number of aliphatic carboxylic acids is 1. The lowest BCUT2D eigenvalue weighted by Gasteiger charge is -2.26. The summed E-state index contributed by atoms with van der Waals surface area (Å²) in [7, 11) is 1.53. The Morgan fingerprint density at radius 2 is 1.94 bits per heavy atom. The van der Waals surface area contributed by atoms with Gasteiger partial charge in [0.15, 0.2) is 0 Å². The fourth-order valence-electron chi connectivity index (χ4n) is 2.25. The molecule has 5 nitrogen and oxygen atoms in total. The number of amides is 2. The van der Waals surface area contributed by atoms with Gasteiger partial charge in [-0.25, -0.2) is 9.59 Å². The molecule has 0 spiro atoms. The monoisotopic (exact) mass is 256 g/mol. The van der Waals surface area contributed by atoms with Crippen molar-refractivity contribution in [1.29, 1.82) is 0 Å². The van der Waals surface area contributed by atoms with E-state index in [2.05, 4.69) is 19.2 Å². The van der Waals surface area contributed by atoms with Gasteiger partial charge in [-0.1, -0.05) is 20.8 Å². The Labute approximate surface area is 109 Å². The molecule has 1 aliphatic rings. The number of hydrogen-bond acceptors (Lipinski definition) is 2. The number of hydrogen-bond donors (Lipinski definition) is 2. The van der Waals surface area contributed by atoms with Crippen molar-refractivity contribution in [2.75, 3.05) is 13.6 Å². The molecule has 1 rings (SSSR count). The topological polar surface area (TPSA) is 69.6 Å². The number of carboxylic acid groups (broad SMARTS) is 1. The minimum Gasteiger partial charge on any atom is -0.480 e. The largest absolute Gasteiger partial charge is 0.480 e. The normalized spacial score (nSPS) is 18.3. The molecule has 1 unspecified atom stereocenters. The Hall–Kier alpha value is -1.26. The van der Waals surface area contributed by atoms with Crippen LogP contribution in [0.3, 0.4) is 0 Å². The number of carbonyl (C=O) groups is 2. The Bertz CT molecular complexity index is 324. The summed E-state index contributed by atoms with van der Waals surface area (Å²) in [6, 6.07) is -1.05. The first kappa shape index (κ1) is 14.8. The maximum atomic E-state index is 11.9. The zero-order chi connectivity index (χ0) is 13.9. The molecule has 0 radical (unpaired) electrons. The average Bonchev–Trinajstić information content (AvgIpc) is 3.07. The molecule has 1 atom stereocenters. The number of carbonyl (C=O) groups excluding carboxylic acids is 1. The second-order valence-electron chi connectivity index (χ2n) is 5.55. The molecule has 0 heterocycles. The Morgan fingerprint density at radius 1 is 1.39 bits per heavy atom. The Kier molecular flexibility index (Phi) is 4.59. The zero-order valence-corrected chi connectivity index (χ0v) is 11.7. The van der Waals surface area contributed by atoms with E-state index in [9.17, 15) is 9.59 Å². The van der Waals surface area contributed by atoms with E-state index in [1.54, 1.807) is 6.92 Å². The molecule has 0 aromatic heterocycles. The molecule has 1 fully saturated rings. The van der Waals surface area contributed by atoms with E-state index in [0.717, 1.165) is 12.8 Å². The highest BCUT2D eigenvalue weighted by Crippen LogP contribution is 2.51. The second-order valence-corrected chi connectivity index (χ2v) is 5.55. The van der Waals surface area contributed by atoms with Crippen LogP contribution in [0.5, 0.6) is 0 Å². The number of carboxylic acids is 1. The fourth-order valence-corrected chi connectivity index (χ4v) is 2.25. The van der Waals surface area contributed by atoms with Crippen LogP contribution in [0.4, 0.5) is 4.79 Å². The van der Waals surface area contributed by atoms with Crippen molar-refractivity contribution >= 4 is 12.0 Å². The third kappa shape index (κ3) is 3.15. The van der Waals surface area contributed by atoms with Gasteiger partial charge in [-0.05, 0) is 30.6 Å². The van der Waals surface area contributed by atoms with Crippen LogP contribution in [0.1, 0.15) is 40.0 Å². The van der Waals surface area contributed by atoms with Crippen LogP contribution >= 0.6 is 0 Å². The molecule has 0 bridgehead atoms. The second kappa shape index (κ2) is 5.59. The molecule has 1 saturated carbocycles. The highest BCUT2D eigenvalue weighted by atomic mass is 16.4. The van der Waals surface area contributed by atoms with Crippen LogP contribution in [-0.2, 0) is 4.79 Å². The van der Waals surface area contributed by atoms with Crippen molar-refractivity contribution in [3.8, 4) is 0 Å². The van der Waals surface area contributed by atoms with Crippen molar-refractivity contribution in [3.63, 3.8) is 0 Å². The van der Waals surface area contributed by atoms with E-state index in [0.29, 0.717) is 18.9 Å². The summed E-state index contributed by atoms with van der Waals surface area (Å²) in [5.41, 5.74) is 0.238. The number of rotatable bonds is 6. The van der Waals surface area contributed by atoms with Crippen molar-refractivity contribution < 1.29 is 14.7 Å². The van der Waals surface area contributed by atoms with Gasteiger partial charge in [-0.2, -0.15) is 0 Å². The smallest absolute Gasteiger partial charge is 0.326 e. The predicted molar refractivity (Wildman–Crippen MR) is 69.4 cm³/mol. The molecule has 5 heteroatoms. The third-order valence-corrected chi connectivity index (χ3v) is 4.17. The lowest BCUT2D eigenvalue weighted by Crippen LogP contribution is -2.48. The molecular formula is C13H24N2O3. The highest BCUT2D eigenvalue weighted by Gasteiger charge is 2.45. The van der Waals surface area contributed by atoms with Crippen LogP contribution in [0.15, 0.2) is 0 Å². The lowest BCUT2D eigenvalue weighted by molar-refractivity contribution is -0.141. The van der Waals surface area contributed by atoms with Gasteiger partial charge in [0.25, 0.3) is 0 Å². The Morgan fingerprint density at radius 3 is 2.28 bits per heavy atom. The van der Waals surface area contributed by atoms with Gasteiger partial charge in [0, 0.05) is 13.6 Å². The molecule has 0 saturated heterocycles. The first-order valence-corrected chi connectivity index (χ1v) is 6.57. The SMILES string of the molecule is CCC(C(=O)O)N(C)C(=O)NCC1(C(C)C)CC1. The fraction of sp³-hybridized carbons (Fsp3) is 0.846. The molecular weight excluding hydrogens is 232 g/mol. The summed E-state index contributed by atoms with van der Waals surface area (Å²) in [5, 5.41) is 11.9. The van der Waals surface area contributed by atoms with Gasteiger partial charge >= 0.3 is 12.0 Å². The first-order valence-electron chi connectivity index (χ1n) is 6.57. The lowest BCUT2D eigenvalue weighted by atomic mass is 9.92. The van der Waals surface area contributed by atoms with E-state index >= 15 is 0 Å². The van der Waals surface area contributed by atoms with Gasteiger partial charge in [0.1, 0.15) is 6.04 Å². The molecule has 0 aliphatic heterocycles. The number of nitrogens with zero attached hydrogens (tertiary/aromatic N) is 1. The number of urea groups is 1. The summed E-state index contributed by atoms with van der Waals surface area (Å²) in [6.07, 6.45) is 2.70. The van der Waals surface area contributed by atoms with E-state index in [1.165, 1.54) is 11.9 Å². The van der Waals surface area contributed by atoms with Crippen LogP contribution in [0, 0.1) is 11.3 Å². The molecule has 0 aromatic carbocycles. The van der Waals surface area contributed by atoms with Crippen molar-refractivity contribution in [2.45, 2.75) is 46.1 Å². The van der Waals surface area contributed by atoms with Crippen LogP contribution < -0.4 is 5.32 Å². The standard InChI is InChI=1S/C13H24N2O3/c1-5-10(11(16)17)15(4)12(18)14-8-13(6-7-13)9(2)3/h9-10H,5-8H2,1-4H3,(H,14,18)(H,16,17). The van der Waals surface area contributed by atoms with Gasteiger partial charge in [-0.3, -0.25) is 0 Å². The predicted octanol–water partition coefficient (Wildman–Crippen LogP) is 1.93.